The molecule has 1 amide bonds. The van der Waals surface area contributed by atoms with E-state index in [9.17, 15) is 4.79 Å². The Morgan fingerprint density at radius 3 is 2.22 bits per heavy atom. The van der Waals surface area contributed by atoms with Crippen LogP contribution in [0.2, 0.25) is 14.8 Å². The van der Waals surface area contributed by atoms with E-state index in [-0.39, 0.29) is 5.91 Å². The fraction of sp³-hybridized carbons (Fsp3) is 0.290. The number of rotatable bonds is 10. The summed E-state index contributed by atoms with van der Waals surface area (Å²) in [5.41, 5.74) is 5.06. The van der Waals surface area contributed by atoms with Gasteiger partial charge in [0, 0.05) is 12.7 Å². The van der Waals surface area contributed by atoms with Crippen molar-refractivity contribution in [2.75, 3.05) is 11.9 Å². The molecule has 0 bridgehead atoms. The van der Waals surface area contributed by atoms with Crippen LogP contribution in [-0.4, -0.2) is 64.8 Å². The second-order valence-corrected chi connectivity index (χ2v) is 24.8. The summed E-state index contributed by atoms with van der Waals surface area (Å²) in [6.07, 6.45) is 2.79. The Kier molecular flexibility index (Phi) is 8.62. The fourth-order valence-electron chi connectivity index (χ4n) is 4.81. The molecular weight excluding hydrogens is 619 g/mol. The number of carbonyl (C=O) groups excluding carboxylic acids is 1. The zero-order valence-corrected chi connectivity index (χ0v) is 27.2. The van der Waals surface area contributed by atoms with Gasteiger partial charge in [-0.3, -0.25) is 4.79 Å². The van der Waals surface area contributed by atoms with E-state index in [0.717, 1.165) is 58.9 Å². The maximum atomic E-state index is 13.5. The van der Waals surface area contributed by atoms with Gasteiger partial charge in [-0.15, -0.1) is 0 Å². The average Bonchev–Trinajstić information content (AvgIpc) is 3.64. The van der Waals surface area contributed by atoms with Gasteiger partial charge in [0.1, 0.15) is 0 Å². The molecule has 0 aliphatic heterocycles. The summed E-state index contributed by atoms with van der Waals surface area (Å²) in [5.74, 6) is 1.81. The first-order chi connectivity index (χ1) is 19.8. The number of tetrazole rings is 1. The van der Waals surface area contributed by atoms with Crippen molar-refractivity contribution in [3.05, 3.63) is 96.1 Å². The number of para-hydroxylation sites is 1. The summed E-state index contributed by atoms with van der Waals surface area (Å²) in [4.78, 5) is 22.0. The van der Waals surface area contributed by atoms with E-state index < -0.39 is 18.7 Å². The van der Waals surface area contributed by atoms with Crippen molar-refractivity contribution in [1.29, 1.82) is 0 Å². The summed E-state index contributed by atoms with van der Waals surface area (Å²) in [6.45, 7) is 2.66. The minimum atomic E-state index is -2.59. The molecule has 0 atom stereocenters. The van der Waals surface area contributed by atoms with Gasteiger partial charge in [-0.2, -0.15) is 0 Å². The summed E-state index contributed by atoms with van der Waals surface area (Å²) in [7, 11) is 1.77. The molecule has 3 aromatic carbocycles. The predicted octanol–water partition coefficient (Wildman–Crippen LogP) is 5.95. The van der Waals surface area contributed by atoms with Crippen LogP contribution in [0, 0.1) is 0 Å². The number of carbonyl (C=O) groups is 1. The number of anilines is 1. The van der Waals surface area contributed by atoms with Crippen LogP contribution < -0.4 is 4.90 Å². The Hall–Kier alpha value is -3.86. The molecule has 0 spiro atoms. The molecule has 0 aliphatic carbocycles. The van der Waals surface area contributed by atoms with Crippen LogP contribution in [0.15, 0.2) is 78.9 Å². The van der Waals surface area contributed by atoms with Gasteiger partial charge >= 0.3 is 174 Å². The van der Waals surface area contributed by atoms with Crippen LogP contribution in [0.3, 0.4) is 0 Å². The van der Waals surface area contributed by atoms with Crippen LogP contribution >= 0.6 is 0 Å². The van der Waals surface area contributed by atoms with Crippen LogP contribution in [0.1, 0.15) is 41.8 Å². The first-order valence-corrected chi connectivity index (χ1v) is 23.8. The molecule has 0 saturated carbocycles. The Balaban J connectivity index is 1.45. The third-order valence-electron chi connectivity index (χ3n) is 7.10. The average molecular weight is 655 g/mol. The summed E-state index contributed by atoms with van der Waals surface area (Å²) < 4.78 is 4.03. The van der Waals surface area contributed by atoms with Gasteiger partial charge in [0.15, 0.2) is 0 Å². The number of aryl methyl sites for hydroxylation is 1. The fourth-order valence-corrected chi connectivity index (χ4v) is 7.97. The number of unbranched alkanes of at least 4 members (excludes halogenated alkanes) is 1. The number of amides is 1. The quantitative estimate of drug-likeness (QED) is 0.173. The second-order valence-electron chi connectivity index (χ2n) is 11.2. The van der Waals surface area contributed by atoms with E-state index in [0.29, 0.717) is 12.4 Å². The van der Waals surface area contributed by atoms with Crippen LogP contribution in [-0.2, 0) is 13.0 Å². The number of nitrogens with zero attached hydrogens (tertiary/aromatic N) is 8. The van der Waals surface area contributed by atoms with E-state index in [2.05, 4.69) is 86.8 Å². The van der Waals surface area contributed by atoms with E-state index in [1.165, 1.54) is 0 Å². The number of benzene rings is 3. The summed E-state index contributed by atoms with van der Waals surface area (Å²) in [6, 6.07) is 26.3. The molecule has 41 heavy (non-hydrogen) atoms. The molecule has 0 aliphatic rings. The first-order valence-electron chi connectivity index (χ1n) is 14.0. The van der Waals surface area contributed by atoms with Gasteiger partial charge in [0.25, 0.3) is 0 Å². The molecule has 0 N–H and O–H groups in total. The van der Waals surface area contributed by atoms with E-state index in [1.807, 2.05) is 47.0 Å². The van der Waals surface area contributed by atoms with Crippen LogP contribution in [0.5, 0.6) is 0 Å². The summed E-state index contributed by atoms with van der Waals surface area (Å²) >= 11 is -2.59. The van der Waals surface area contributed by atoms with Gasteiger partial charge in [-0.1, -0.05) is 31.5 Å². The van der Waals surface area contributed by atoms with E-state index in [4.69, 9.17) is 0 Å². The molecule has 2 aromatic heterocycles. The molecule has 9 nitrogen and oxygen atoms in total. The van der Waals surface area contributed by atoms with Crippen molar-refractivity contribution in [3.63, 3.8) is 0 Å². The third kappa shape index (κ3) is 6.24. The van der Waals surface area contributed by atoms with Gasteiger partial charge in [0.05, 0.1) is 0 Å². The third-order valence-corrected chi connectivity index (χ3v) is 11.6. The molecule has 0 saturated heterocycles. The van der Waals surface area contributed by atoms with Crippen molar-refractivity contribution in [2.24, 2.45) is 0 Å². The molecule has 5 aromatic rings. The zero-order chi connectivity index (χ0) is 29.0. The van der Waals surface area contributed by atoms with Crippen LogP contribution in [0.25, 0.3) is 22.5 Å². The monoisotopic (exact) mass is 656 g/mol. The van der Waals surface area contributed by atoms with E-state index >= 15 is 0 Å². The molecule has 0 radical (unpaired) electrons. The SMILES string of the molecule is CCCCc1nnc(C(=O)N(C)c2ccccc2)n1Cc1ccc(-c2ccccc2-c2nnn[n]2[Sn]([CH3])([CH3])[CH3])cc1. The van der Waals surface area contributed by atoms with Crippen molar-refractivity contribution < 1.29 is 4.79 Å². The predicted molar refractivity (Wildman–Crippen MR) is 164 cm³/mol. The van der Waals surface area contributed by atoms with Crippen molar-refractivity contribution in [2.45, 2.75) is 47.5 Å². The standard InChI is InChI=1S/C28H27N8O.3CH3.Sn/c1-3-4-14-25-29-32-27(28(37)35(2)22-10-6-5-7-11-22)36(25)19-20-15-17-21(18-16-20)23-12-8-9-13-24(23)26-30-33-34-31-26;;;;/h5-13,15-18H,3-4,14,19H2,1-2H3;3*1H3;/q-1;;;;+1. The minimum absolute atomic E-state index is 0.182. The topological polar surface area (TPSA) is 94.6 Å². The number of hydrogen-bond acceptors (Lipinski definition) is 6. The van der Waals surface area contributed by atoms with Gasteiger partial charge in [-0.25, -0.2) is 0 Å². The molecule has 210 valence electrons. The number of hydrogen-bond donors (Lipinski definition) is 0. The van der Waals surface area contributed by atoms with Gasteiger partial charge < -0.3 is 4.90 Å². The second kappa shape index (κ2) is 12.3. The van der Waals surface area contributed by atoms with Gasteiger partial charge in [0.2, 0.25) is 0 Å². The van der Waals surface area contributed by atoms with Crippen LogP contribution in [0.4, 0.5) is 5.69 Å². The van der Waals surface area contributed by atoms with Crippen molar-refractivity contribution >= 4 is 30.2 Å². The molecule has 0 fully saturated rings. The molecule has 2 heterocycles. The molecular formula is C31H36N8OSn. The normalized spacial score (nSPS) is 11.5. The summed E-state index contributed by atoms with van der Waals surface area (Å²) in [5, 5.41) is 21.5. The molecule has 5 rings (SSSR count). The van der Waals surface area contributed by atoms with Crippen molar-refractivity contribution in [1.82, 2.24) is 33.2 Å². The zero-order valence-electron chi connectivity index (χ0n) is 24.3. The Morgan fingerprint density at radius 2 is 1.54 bits per heavy atom. The first kappa shape index (κ1) is 28.7. The molecule has 0 unspecified atom stereocenters. The number of aromatic nitrogens is 7. The van der Waals surface area contributed by atoms with Gasteiger partial charge in [-0.05, 0) is 18.6 Å². The Morgan fingerprint density at radius 1 is 0.854 bits per heavy atom. The Bertz CT molecular complexity index is 1620. The maximum absolute atomic E-state index is 13.5. The molecule has 10 heteroatoms. The van der Waals surface area contributed by atoms with E-state index in [1.54, 1.807) is 11.9 Å². The Labute approximate surface area is 245 Å². The van der Waals surface area contributed by atoms with Crippen molar-refractivity contribution in [3.8, 4) is 22.5 Å².